The minimum absolute atomic E-state index is 0.00374. The molecule has 5 nitrogen and oxygen atoms in total. The van der Waals surface area contributed by atoms with E-state index in [1.165, 1.54) is 16.7 Å². The van der Waals surface area contributed by atoms with E-state index in [0.717, 1.165) is 16.8 Å². The van der Waals surface area contributed by atoms with Crippen LogP contribution in [0.4, 0.5) is 0 Å². The number of rotatable bonds is 7. The molecule has 0 unspecified atom stereocenters. The number of nitrogens with zero attached hydrogens (tertiary/aromatic N) is 3. The average molecular weight is 363 g/mol. The van der Waals surface area contributed by atoms with E-state index in [9.17, 15) is 4.79 Å². The van der Waals surface area contributed by atoms with Gasteiger partial charge in [-0.3, -0.25) is 14.4 Å². The minimum atomic E-state index is -0.832. The maximum atomic E-state index is 11.0. The van der Waals surface area contributed by atoms with Crippen molar-refractivity contribution < 1.29 is 9.90 Å². The SMILES string of the molecule is Cc1ccc(-c2nn(Cc3ccccc3)cc2CN(C)CC(=O)O)cc1C. The number of aromatic nitrogens is 2. The third-order valence-electron chi connectivity index (χ3n) is 4.65. The molecule has 3 rings (SSSR count). The number of hydrogen-bond acceptors (Lipinski definition) is 3. The van der Waals surface area contributed by atoms with Gasteiger partial charge < -0.3 is 5.11 Å². The highest BCUT2D eigenvalue weighted by molar-refractivity contribution is 5.69. The number of benzene rings is 2. The van der Waals surface area contributed by atoms with Crippen LogP contribution in [-0.4, -0.2) is 39.3 Å². The maximum absolute atomic E-state index is 11.0. The first-order valence-corrected chi connectivity index (χ1v) is 9.00. The van der Waals surface area contributed by atoms with Crippen LogP contribution >= 0.6 is 0 Å². The summed E-state index contributed by atoms with van der Waals surface area (Å²) in [5.74, 6) is -0.832. The Kier molecular flexibility index (Phi) is 5.72. The molecule has 0 aliphatic rings. The summed E-state index contributed by atoms with van der Waals surface area (Å²) in [6, 6.07) is 16.5. The second-order valence-electron chi connectivity index (χ2n) is 7.05. The lowest BCUT2D eigenvalue weighted by atomic mass is 10.0. The molecule has 0 bridgehead atoms. The van der Waals surface area contributed by atoms with Gasteiger partial charge in [-0.2, -0.15) is 5.10 Å². The van der Waals surface area contributed by atoms with E-state index in [1.807, 2.05) is 36.1 Å². The molecule has 0 radical (unpaired) electrons. The van der Waals surface area contributed by atoms with Gasteiger partial charge in [-0.25, -0.2) is 0 Å². The van der Waals surface area contributed by atoms with Gasteiger partial charge in [0, 0.05) is 23.9 Å². The monoisotopic (exact) mass is 363 g/mol. The van der Waals surface area contributed by atoms with E-state index in [4.69, 9.17) is 10.2 Å². The molecule has 2 aromatic carbocycles. The van der Waals surface area contributed by atoms with Crippen LogP contribution in [0.1, 0.15) is 22.3 Å². The highest BCUT2D eigenvalue weighted by Crippen LogP contribution is 2.25. The molecule has 5 heteroatoms. The van der Waals surface area contributed by atoms with Crippen molar-refractivity contribution in [3.63, 3.8) is 0 Å². The Labute approximate surface area is 159 Å². The molecular weight excluding hydrogens is 338 g/mol. The molecular formula is C22H25N3O2. The van der Waals surface area contributed by atoms with Gasteiger partial charge in [-0.1, -0.05) is 42.5 Å². The standard InChI is InChI=1S/C22H25N3O2/c1-16-9-10-19(11-17(16)2)22-20(13-24(3)15-21(26)27)14-25(23-22)12-18-7-5-4-6-8-18/h4-11,14H,12-13,15H2,1-3H3,(H,26,27). The minimum Gasteiger partial charge on any atom is -0.480 e. The summed E-state index contributed by atoms with van der Waals surface area (Å²) in [7, 11) is 1.81. The van der Waals surface area contributed by atoms with Gasteiger partial charge in [0.15, 0.2) is 0 Å². The summed E-state index contributed by atoms with van der Waals surface area (Å²) in [6.45, 7) is 5.39. The summed E-state index contributed by atoms with van der Waals surface area (Å²) in [4.78, 5) is 12.8. The molecule has 0 aliphatic carbocycles. The lowest BCUT2D eigenvalue weighted by molar-refractivity contribution is -0.138. The second-order valence-corrected chi connectivity index (χ2v) is 7.05. The zero-order valence-electron chi connectivity index (χ0n) is 16.0. The van der Waals surface area contributed by atoms with Crippen LogP contribution in [0.25, 0.3) is 11.3 Å². The van der Waals surface area contributed by atoms with Crippen molar-refractivity contribution >= 4 is 5.97 Å². The molecule has 0 saturated carbocycles. The zero-order valence-corrected chi connectivity index (χ0v) is 16.0. The summed E-state index contributed by atoms with van der Waals surface area (Å²) in [5.41, 5.74) is 6.63. The summed E-state index contributed by atoms with van der Waals surface area (Å²) in [6.07, 6.45) is 2.02. The predicted molar refractivity (Wildman–Crippen MR) is 107 cm³/mol. The van der Waals surface area contributed by atoms with Crippen molar-refractivity contribution in [1.82, 2.24) is 14.7 Å². The first kappa shape index (κ1) is 18.9. The molecule has 27 heavy (non-hydrogen) atoms. The molecule has 3 aromatic rings. The first-order chi connectivity index (χ1) is 12.9. The predicted octanol–water partition coefficient (Wildman–Crippen LogP) is 3.73. The van der Waals surface area contributed by atoms with Gasteiger partial charge in [0.05, 0.1) is 18.8 Å². The quantitative estimate of drug-likeness (QED) is 0.695. The molecule has 0 spiro atoms. The molecule has 0 amide bonds. The van der Waals surface area contributed by atoms with Crippen molar-refractivity contribution in [3.05, 3.63) is 77.0 Å². The van der Waals surface area contributed by atoms with Gasteiger partial charge in [-0.15, -0.1) is 0 Å². The molecule has 0 aliphatic heterocycles. The van der Waals surface area contributed by atoms with E-state index in [-0.39, 0.29) is 6.54 Å². The highest BCUT2D eigenvalue weighted by Gasteiger charge is 2.15. The smallest absolute Gasteiger partial charge is 0.317 e. The zero-order chi connectivity index (χ0) is 19.4. The van der Waals surface area contributed by atoms with Crippen LogP contribution in [0.5, 0.6) is 0 Å². The lowest BCUT2D eigenvalue weighted by Crippen LogP contribution is -2.25. The average Bonchev–Trinajstić information content (AvgIpc) is 2.99. The second kappa shape index (κ2) is 8.18. The van der Waals surface area contributed by atoms with E-state index in [1.54, 1.807) is 4.90 Å². The third-order valence-corrected chi connectivity index (χ3v) is 4.65. The van der Waals surface area contributed by atoms with Crippen LogP contribution in [0.15, 0.2) is 54.7 Å². The number of aryl methyl sites for hydroxylation is 2. The number of carboxylic acid groups (broad SMARTS) is 1. The van der Waals surface area contributed by atoms with E-state index < -0.39 is 5.97 Å². The van der Waals surface area contributed by atoms with Gasteiger partial charge in [0.1, 0.15) is 0 Å². The van der Waals surface area contributed by atoms with Crippen molar-refractivity contribution in [1.29, 1.82) is 0 Å². The Morgan fingerprint density at radius 2 is 1.85 bits per heavy atom. The largest absolute Gasteiger partial charge is 0.480 e. The number of carbonyl (C=O) groups is 1. The number of hydrogen-bond donors (Lipinski definition) is 1. The van der Waals surface area contributed by atoms with Crippen molar-refractivity contribution in [2.45, 2.75) is 26.9 Å². The number of likely N-dealkylation sites (N-methyl/N-ethyl adjacent to an activating group) is 1. The molecule has 0 atom stereocenters. The Hall–Kier alpha value is -2.92. The fourth-order valence-electron chi connectivity index (χ4n) is 3.14. The summed E-state index contributed by atoms with van der Waals surface area (Å²) < 4.78 is 1.93. The van der Waals surface area contributed by atoms with E-state index >= 15 is 0 Å². The molecule has 0 saturated heterocycles. The van der Waals surface area contributed by atoms with Gasteiger partial charge in [-0.05, 0) is 43.7 Å². The highest BCUT2D eigenvalue weighted by atomic mass is 16.4. The van der Waals surface area contributed by atoms with Crippen molar-refractivity contribution in [3.8, 4) is 11.3 Å². The number of aliphatic carboxylic acids is 1. The van der Waals surface area contributed by atoms with Crippen LogP contribution in [0.2, 0.25) is 0 Å². The third kappa shape index (κ3) is 4.83. The van der Waals surface area contributed by atoms with Crippen LogP contribution in [0, 0.1) is 13.8 Å². The molecule has 1 aromatic heterocycles. The number of carboxylic acids is 1. The van der Waals surface area contributed by atoms with Gasteiger partial charge in [0.25, 0.3) is 0 Å². The topological polar surface area (TPSA) is 58.4 Å². The van der Waals surface area contributed by atoms with E-state index in [0.29, 0.717) is 13.1 Å². The molecule has 0 fully saturated rings. The molecule has 1 heterocycles. The summed E-state index contributed by atoms with van der Waals surface area (Å²) in [5, 5.41) is 13.9. The van der Waals surface area contributed by atoms with Gasteiger partial charge in [0.2, 0.25) is 0 Å². The molecule has 140 valence electrons. The van der Waals surface area contributed by atoms with Crippen LogP contribution < -0.4 is 0 Å². The van der Waals surface area contributed by atoms with Crippen molar-refractivity contribution in [2.24, 2.45) is 0 Å². The Bertz CT molecular complexity index is 932. The Morgan fingerprint density at radius 3 is 2.52 bits per heavy atom. The maximum Gasteiger partial charge on any atom is 0.317 e. The fraction of sp³-hybridized carbons (Fsp3) is 0.273. The fourth-order valence-corrected chi connectivity index (χ4v) is 3.14. The van der Waals surface area contributed by atoms with Crippen LogP contribution in [-0.2, 0) is 17.9 Å². The Balaban J connectivity index is 1.95. The van der Waals surface area contributed by atoms with E-state index in [2.05, 4.69) is 44.2 Å². The van der Waals surface area contributed by atoms with Gasteiger partial charge >= 0.3 is 5.97 Å². The van der Waals surface area contributed by atoms with Crippen molar-refractivity contribution in [2.75, 3.05) is 13.6 Å². The molecule has 1 N–H and O–H groups in total. The summed E-state index contributed by atoms with van der Waals surface area (Å²) >= 11 is 0. The Morgan fingerprint density at radius 1 is 1.11 bits per heavy atom. The normalized spacial score (nSPS) is 11.1. The first-order valence-electron chi connectivity index (χ1n) is 9.00. The lowest BCUT2D eigenvalue weighted by Gasteiger charge is -2.14. The van der Waals surface area contributed by atoms with Crippen LogP contribution in [0.3, 0.4) is 0 Å².